The zero-order valence-electron chi connectivity index (χ0n) is 12.3. The van der Waals surface area contributed by atoms with Crippen LogP contribution in [0.1, 0.15) is 15.9 Å². The SMILES string of the molecule is O=C(/C=C/CO)c1c[nH]c2ncnc(OCc3ccccc3)c12. The van der Waals surface area contributed by atoms with E-state index in [4.69, 9.17) is 9.84 Å². The number of carbonyl (C=O) groups excluding carboxylic acids is 1. The lowest BCUT2D eigenvalue weighted by Crippen LogP contribution is -2.00. The maximum Gasteiger partial charge on any atom is 0.227 e. The molecule has 3 rings (SSSR count). The van der Waals surface area contributed by atoms with Gasteiger partial charge < -0.3 is 14.8 Å². The number of aliphatic hydroxyl groups is 1. The third kappa shape index (κ3) is 3.27. The van der Waals surface area contributed by atoms with Gasteiger partial charge in [-0.3, -0.25) is 4.79 Å². The van der Waals surface area contributed by atoms with Gasteiger partial charge in [0.25, 0.3) is 0 Å². The number of hydrogen-bond acceptors (Lipinski definition) is 5. The average Bonchev–Trinajstić information content (AvgIpc) is 3.03. The normalized spacial score (nSPS) is 11.2. The number of H-pyrrole nitrogens is 1. The molecular weight excluding hydrogens is 294 g/mol. The van der Waals surface area contributed by atoms with Crippen LogP contribution in [0.2, 0.25) is 0 Å². The highest BCUT2D eigenvalue weighted by molar-refractivity contribution is 6.13. The molecular formula is C17H15N3O3. The number of fused-ring (bicyclic) bond motifs is 1. The Labute approximate surface area is 132 Å². The number of aromatic amines is 1. The first-order valence-corrected chi connectivity index (χ1v) is 7.10. The largest absolute Gasteiger partial charge is 0.472 e. The van der Waals surface area contributed by atoms with E-state index in [1.54, 1.807) is 6.20 Å². The minimum absolute atomic E-state index is 0.193. The van der Waals surface area contributed by atoms with Gasteiger partial charge in [-0.05, 0) is 11.6 Å². The first-order valence-electron chi connectivity index (χ1n) is 7.10. The number of ether oxygens (including phenoxy) is 1. The minimum Gasteiger partial charge on any atom is -0.472 e. The molecule has 0 spiro atoms. The number of rotatable bonds is 6. The lowest BCUT2D eigenvalue weighted by Gasteiger charge is -2.06. The van der Waals surface area contributed by atoms with Gasteiger partial charge >= 0.3 is 0 Å². The molecule has 6 nitrogen and oxygen atoms in total. The lowest BCUT2D eigenvalue weighted by atomic mass is 10.1. The van der Waals surface area contributed by atoms with Crippen LogP contribution in [0, 0.1) is 0 Å². The van der Waals surface area contributed by atoms with Crippen LogP contribution in [0.3, 0.4) is 0 Å². The number of benzene rings is 1. The molecule has 1 aromatic carbocycles. The number of nitrogens with one attached hydrogen (secondary N) is 1. The van der Waals surface area contributed by atoms with E-state index in [0.717, 1.165) is 5.56 Å². The second-order valence-corrected chi connectivity index (χ2v) is 4.83. The van der Waals surface area contributed by atoms with Gasteiger partial charge in [0.15, 0.2) is 5.78 Å². The smallest absolute Gasteiger partial charge is 0.227 e. The molecule has 0 bridgehead atoms. The van der Waals surface area contributed by atoms with Crippen molar-refractivity contribution < 1.29 is 14.6 Å². The van der Waals surface area contributed by atoms with Crippen molar-refractivity contribution >= 4 is 16.8 Å². The Morgan fingerprint density at radius 2 is 2.09 bits per heavy atom. The molecule has 0 aliphatic heterocycles. The fraction of sp³-hybridized carbons (Fsp3) is 0.118. The first-order chi connectivity index (χ1) is 11.3. The van der Waals surface area contributed by atoms with E-state index in [-0.39, 0.29) is 12.4 Å². The fourth-order valence-electron chi connectivity index (χ4n) is 2.21. The predicted molar refractivity (Wildman–Crippen MR) is 85.2 cm³/mol. The summed E-state index contributed by atoms with van der Waals surface area (Å²) in [7, 11) is 0. The summed E-state index contributed by atoms with van der Waals surface area (Å²) in [6, 6.07) is 9.69. The highest BCUT2D eigenvalue weighted by Crippen LogP contribution is 2.26. The molecule has 116 valence electrons. The highest BCUT2D eigenvalue weighted by atomic mass is 16.5. The molecule has 2 aromatic heterocycles. The Hall–Kier alpha value is -2.99. The van der Waals surface area contributed by atoms with Crippen LogP contribution in [-0.2, 0) is 6.61 Å². The quantitative estimate of drug-likeness (QED) is 0.538. The number of ketones is 1. The van der Waals surface area contributed by atoms with Gasteiger partial charge in [0.2, 0.25) is 5.88 Å². The van der Waals surface area contributed by atoms with Gasteiger partial charge in [-0.25, -0.2) is 9.97 Å². The molecule has 0 fully saturated rings. The van der Waals surface area contributed by atoms with Crippen molar-refractivity contribution in [1.82, 2.24) is 15.0 Å². The van der Waals surface area contributed by atoms with Gasteiger partial charge in [0, 0.05) is 6.20 Å². The Bertz CT molecular complexity index is 841. The van der Waals surface area contributed by atoms with Crippen molar-refractivity contribution in [3.05, 3.63) is 66.1 Å². The average molecular weight is 309 g/mol. The van der Waals surface area contributed by atoms with Gasteiger partial charge in [-0.15, -0.1) is 0 Å². The van der Waals surface area contributed by atoms with Crippen LogP contribution in [0.5, 0.6) is 5.88 Å². The second kappa shape index (κ2) is 6.85. The first kappa shape index (κ1) is 14.9. The topological polar surface area (TPSA) is 88.1 Å². The molecule has 2 N–H and O–H groups in total. The van der Waals surface area contributed by atoms with Crippen molar-refractivity contribution in [3.8, 4) is 5.88 Å². The lowest BCUT2D eigenvalue weighted by molar-refractivity contribution is 0.104. The molecule has 0 amide bonds. The van der Waals surface area contributed by atoms with Gasteiger partial charge in [0.05, 0.1) is 17.6 Å². The molecule has 3 aromatic rings. The maximum atomic E-state index is 12.2. The van der Waals surface area contributed by atoms with Crippen LogP contribution < -0.4 is 4.74 Å². The van der Waals surface area contributed by atoms with Crippen LogP contribution >= 0.6 is 0 Å². The molecule has 0 atom stereocenters. The van der Waals surface area contributed by atoms with E-state index in [9.17, 15) is 4.79 Å². The predicted octanol–water partition coefficient (Wildman–Crippen LogP) is 2.27. The summed E-state index contributed by atoms with van der Waals surface area (Å²) in [4.78, 5) is 23.4. The van der Waals surface area contributed by atoms with E-state index in [2.05, 4.69) is 15.0 Å². The summed E-state index contributed by atoms with van der Waals surface area (Å²) in [5, 5.41) is 9.33. The van der Waals surface area contributed by atoms with E-state index >= 15 is 0 Å². The van der Waals surface area contributed by atoms with Crippen molar-refractivity contribution in [1.29, 1.82) is 0 Å². The summed E-state index contributed by atoms with van der Waals surface area (Å²) >= 11 is 0. The zero-order valence-corrected chi connectivity index (χ0v) is 12.3. The molecule has 0 saturated carbocycles. The Kier molecular flexibility index (Phi) is 4.44. The van der Waals surface area contributed by atoms with Crippen LogP contribution in [-0.4, -0.2) is 32.4 Å². The summed E-state index contributed by atoms with van der Waals surface area (Å²) < 4.78 is 5.76. The molecule has 0 aliphatic carbocycles. The van der Waals surface area contributed by atoms with Crippen LogP contribution in [0.4, 0.5) is 0 Å². The second-order valence-electron chi connectivity index (χ2n) is 4.83. The summed E-state index contributed by atoms with van der Waals surface area (Å²) in [6.07, 6.45) is 5.65. The number of carbonyl (C=O) groups is 1. The van der Waals surface area contributed by atoms with Crippen molar-refractivity contribution in [2.45, 2.75) is 6.61 Å². The summed E-state index contributed by atoms with van der Waals surface area (Å²) in [5.41, 5.74) is 1.94. The number of aromatic nitrogens is 3. The van der Waals surface area contributed by atoms with Crippen LogP contribution in [0.25, 0.3) is 11.0 Å². The Morgan fingerprint density at radius 3 is 2.87 bits per heavy atom. The maximum absolute atomic E-state index is 12.2. The van der Waals surface area contributed by atoms with E-state index in [1.807, 2.05) is 30.3 Å². The number of nitrogens with zero attached hydrogens (tertiary/aromatic N) is 2. The Balaban J connectivity index is 1.92. The fourth-order valence-corrected chi connectivity index (χ4v) is 2.21. The number of aliphatic hydroxyl groups excluding tert-OH is 1. The molecule has 6 heteroatoms. The molecule has 2 heterocycles. The van der Waals surface area contributed by atoms with Crippen LogP contribution in [0.15, 0.2) is 55.0 Å². The van der Waals surface area contributed by atoms with Crippen molar-refractivity contribution in [2.24, 2.45) is 0 Å². The molecule has 0 radical (unpaired) electrons. The zero-order chi connectivity index (χ0) is 16.1. The van der Waals surface area contributed by atoms with Crippen molar-refractivity contribution in [3.63, 3.8) is 0 Å². The number of hydrogen-bond donors (Lipinski definition) is 2. The third-order valence-corrected chi connectivity index (χ3v) is 3.29. The van der Waals surface area contributed by atoms with Gasteiger partial charge in [-0.2, -0.15) is 0 Å². The van der Waals surface area contributed by atoms with Gasteiger partial charge in [0.1, 0.15) is 18.6 Å². The molecule has 0 unspecified atom stereocenters. The van der Waals surface area contributed by atoms with E-state index < -0.39 is 0 Å². The van der Waals surface area contributed by atoms with E-state index in [1.165, 1.54) is 18.5 Å². The summed E-state index contributed by atoms with van der Waals surface area (Å²) in [5.74, 6) is 0.102. The monoisotopic (exact) mass is 309 g/mol. The number of allylic oxidation sites excluding steroid dienone is 1. The standard InChI is InChI=1S/C17H15N3O3/c21-8-4-7-14(22)13-9-18-16-15(13)17(20-11-19-16)23-10-12-5-2-1-3-6-12/h1-7,9,11,21H,8,10H2,(H,18,19,20)/b7-4+. The minimum atomic E-state index is -0.246. The Morgan fingerprint density at radius 1 is 1.26 bits per heavy atom. The molecule has 23 heavy (non-hydrogen) atoms. The molecule has 0 aliphatic rings. The van der Waals surface area contributed by atoms with E-state index in [0.29, 0.717) is 29.1 Å². The molecule has 0 saturated heterocycles. The van der Waals surface area contributed by atoms with Crippen molar-refractivity contribution in [2.75, 3.05) is 6.61 Å². The van der Waals surface area contributed by atoms with Gasteiger partial charge in [-0.1, -0.05) is 36.4 Å². The summed E-state index contributed by atoms with van der Waals surface area (Å²) in [6.45, 7) is 0.153. The highest BCUT2D eigenvalue weighted by Gasteiger charge is 2.16. The third-order valence-electron chi connectivity index (χ3n) is 3.29.